The van der Waals surface area contributed by atoms with Crippen molar-refractivity contribution in [2.24, 2.45) is 12.0 Å². The molecule has 1 aliphatic heterocycles. The van der Waals surface area contributed by atoms with Gasteiger partial charge >= 0.3 is 0 Å². The molecule has 0 amide bonds. The molecule has 0 aliphatic carbocycles. The van der Waals surface area contributed by atoms with E-state index in [9.17, 15) is 0 Å². The molecule has 1 aromatic heterocycles. The number of guanidine groups is 1. The van der Waals surface area contributed by atoms with Gasteiger partial charge in [-0.05, 0) is 6.92 Å². The van der Waals surface area contributed by atoms with Crippen LogP contribution in [0.4, 0.5) is 0 Å². The van der Waals surface area contributed by atoms with Crippen molar-refractivity contribution in [3.63, 3.8) is 0 Å². The molecule has 1 aliphatic rings. The minimum absolute atomic E-state index is 0.430. The van der Waals surface area contributed by atoms with Crippen LogP contribution in [0.2, 0.25) is 0 Å². The van der Waals surface area contributed by atoms with E-state index in [4.69, 9.17) is 0 Å². The lowest BCUT2D eigenvalue weighted by molar-refractivity contribution is 0.706. The summed E-state index contributed by atoms with van der Waals surface area (Å²) in [6.45, 7) is 3.59. The van der Waals surface area contributed by atoms with Gasteiger partial charge < -0.3 is 10.6 Å². The quantitative estimate of drug-likeness (QED) is 0.650. The van der Waals surface area contributed by atoms with E-state index in [1.165, 1.54) is 0 Å². The van der Waals surface area contributed by atoms with E-state index in [-0.39, 0.29) is 0 Å². The van der Waals surface area contributed by atoms with Crippen LogP contribution >= 0.6 is 0 Å². The lowest BCUT2D eigenvalue weighted by Gasteiger charge is -2.06. The lowest BCUT2D eigenvalue weighted by Crippen LogP contribution is -2.37. The van der Waals surface area contributed by atoms with E-state index in [0.717, 1.165) is 18.2 Å². The number of aryl methyl sites for hydroxylation is 1. The van der Waals surface area contributed by atoms with Crippen LogP contribution in [-0.2, 0) is 13.6 Å². The van der Waals surface area contributed by atoms with Crippen molar-refractivity contribution >= 4 is 5.96 Å². The van der Waals surface area contributed by atoms with Gasteiger partial charge in [-0.25, -0.2) is 0 Å². The third kappa shape index (κ3) is 2.01. The first-order valence-electron chi connectivity index (χ1n) is 4.64. The van der Waals surface area contributed by atoms with E-state index in [0.29, 0.717) is 12.6 Å². The molecule has 2 N–H and O–H groups in total. The van der Waals surface area contributed by atoms with Crippen LogP contribution in [0.25, 0.3) is 0 Å². The van der Waals surface area contributed by atoms with Gasteiger partial charge in [-0.3, -0.25) is 9.67 Å². The first-order chi connectivity index (χ1) is 6.74. The van der Waals surface area contributed by atoms with Crippen molar-refractivity contribution in [3.8, 4) is 0 Å². The van der Waals surface area contributed by atoms with Gasteiger partial charge in [0.25, 0.3) is 0 Å². The normalized spacial score (nSPS) is 20.4. The van der Waals surface area contributed by atoms with Crippen LogP contribution in [0.1, 0.15) is 12.6 Å². The first kappa shape index (κ1) is 8.98. The Bertz CT molecular complexity index is 341. The number of nitrogens with zero attached hydrogens (tertiary/aromatic N) is 4. The molecule has 0 spiro atoms. The molecule has 2 rings (SSSR count). The summed E-state index contributed by atoms with van der Waals surface area (Å²) in [5.41, 5.74) is 0.913. The summed E-state index contributed by atoms with van der Waals surface area (Å²) in [7, 11) is 1.85. The number of nitrogens with one attached hydrogen (secondary N) is 2. The Morgan fingerprint density at radius 2 is 2.57 bits per heavy atom. The summed E-state index contributed by atoms with van der Waals surface area (Å²) in [6, 6.07) is 0.430. The van der Waals surface area contributed by atoms with Crippen molar-refractivity contribution in [1.29, 1.82) is 0 Å². The predicted octanol–water partition coefficient (Wildman–Crippen LogP) is -0.748. The smallest absolute Gasteiger partial charge is 0.191 e. The van der Waals surface area contributed by atoms with Gasteiger partial charge in [0.15, 0.2) is 5.96 Å². The molecule has 0 saturated carbocycles. The monoisotopic (exact) mass is 194 g/mol. The average molecular weight is 194 g/mol. The molecule has 0 radical (unpaired) electrons. The van der Waals surface area contributed by atoms with E-state index in [2.05, 4.69) is 32.9 Å². The third-order valence-electron chi connectivity index (χ3n) is 1.99. The topological polar surface area (TPSA) is 67.1 Å². The summed E-state index contributed by atoms with van der Waals surface area (Å²) >= 11 is 0. The van der Waals surface area contributed by atoms with Crippen LogP contribution in [0, 0.1) is 0 Å². The fourth-order valence-corrected chi connectivity index (χ4v) is 1.31. The zero-order valence-corrected chi connectivity index (χ0v) is 8.36. The zero-order chi connectivity index (χ0) is 9.97. The van der Waals surface area contributed by atoms with Gasteiger partial charge in [0.05, 0.1) is 13.1 Å². The molecule has 1 unspecified atom stereocenters. The highest BCUT2D eigenvalue weighted by molar-refractivity contribution is 5.81. The van der Waals surface area contributed by atoms with Crippen LogP contribution in [0.15, 0.2) is 11.2 Å². The van der Waals surface area contributed by atoms with E-state index < -0.39 is 0 Å². The Morgan fingerprint density at radius 3 is 3.14 bits per heavy atom. The molecule has 14 heavy (non-hydrogen) atoms. The Kier molecular flexibility index (Phi) is 2.34. The maximum absolute atomic E-state index is 4.28. The zero-order valence-electron chi connectivity index (χ0n) is 8.36. The minimum Gasteiger partial charge on any atom is -0.352 e. The average Bonchev–Trinajstić information content (AvgIpc) is 2.72. The Labute approximate surface area is 82.4 Å². The maximum atomic E-state index is 4.28. The van der Waals surface area contributed by atoms with Crippen LogP contribution in [0.5, 0.6) is 0 Å². The Morgan fingerprint density at radius 1 is 1.71 bits per heavy atom. The predicted molar refractivity (Wildman–Crippen MR) is 52.7 cm³/mol. The van der Waals surface area contributed by atoms with Crippen molar-refractivity contribution in [2.75, 3.05) is 6.54 Å². The van der Waals surface area contributed by atoms with Crippen molar-refractivity contribution < 1.29 is 0 Å². The van der Waals surface area contributed by atoms with Gasteiger partial charge in [0, 0.05) is 19.3 Å². The second kappa shape index (κ2) is 3.65. The molecule has 76 valence electrons. The number of aromatic nitrogens is 3. The molecular weight excluding hydrogens is 180 g/mol. The highest BCUT2D eigenvalue weighted by atomic mass is 15.4. The molecule has 0 aromatic carbocycles. The number of hydrogen-bond donors (Lipinski definition) is 2. The van der Waals surface area contributed by atoms with Gasteiger partial charge in [-0.2, -0.15) is 0 Å². The second-order valence-corrected chi connectivity index (χ2v) is 3.47. The van der Waals surface area contributed by atoms with E-state index in [1.807, 2.05) is 13.2 Å². The maximum Gasteiger partial charge on any atom is 0.191 e. The molecule has 0 bridgehead atoms. The number of rotatable bonds is 2. The summed E-state index contributed by atoms with van der Waals surface area (Å²) in [6.07, 6.45) is 1.88. The fraction of sp³-hybridized carbons (Fsp3) is 0.625. The van der Waals surface area contributed by atoms with Crippen molar-refractivity contribution in [1.82, 2.24) is 25.6 Å². The first-order valence-corrected chi connectivity index (χ1v) is 4.64. The molecular formula is C8H14N6. The van der Waals surface area contributed by atoms with E-state index >= 15 is 0 Å². The van der Waals surface area contributed by atoms with Gasteiger partial charge in [0.2, 0.25) is 0 Å². The number of aliphatic imine (C=N–C) groups is 1. The largest absolute Gasteiger partial charge is 0.352 e. The standard InChI is InChI=1S/C8H14N6/c1-6-3-9-8(11-6)10-4-7-5-14(2)13-12-7/h5-6H,3-4H2,1-2H3,(H2,9,10,11). The number of hydrogen-bond acceptors (Lipinski definition) is 5. The van der Waals surface area contributed by atoms with Crippen LogP contribution in [-0.4, -0.2) is 33.5 Å². The SMILES string of the molecule is CC1CN=C(NCc2cn(C)nn2)N1. The molecule has 6 nitrogen and oxygen atoms in total. The van der Waals surface area contributed by atoms with Gasteiger partial charge in [-0.1, -0.05) is 5.21 Å². The Balaban J connectivity index is 1.83. The van der Waals surface area contributed by atoms with Gasteiger partial charge in [-0.15, -0.1) is 5.10 Å². The van der Waals surface area contributed by atoms with Crippen LogP contribution in [0.3, 0.4) is 0 Å². The van der Waals surface area contributed by atoms with Crippen molar-refractivity contribution in [2.45, 2.75) is 19.5 Å². The summed E-state index contributed by atoms with van der Waals surface area (Å²) in [4.78, 5) is 4.28. The van der Waals surface area contributed by atoms with Gasteiger partial charge in [0.1, 0.15) is 5.69 Å². The van der Waals surface area contributed by atoms with E-state index in [1.54, 1.807) is 4.68 Å². The third-order valence-corrected chi connectivity index (χ3v) is 1.99. The molecule has 1 aromatic rings. The highest BCUT2D eigenvalue weighted by Crippen LogP contribution is 1.94. The summed E-state index contributed by atoms with van der Waals surface area (Å²) < 4.78 is 1.68. The molecule has 0 fully saturated rings. The second-order valence-electron chi connectivity index (χ2n) is 3.47. The Hall–Kier alpha value is -1.59. The molecule has 0 saturated heterocycles. The molecule has 2 heterocycles. The summed E-state index contributed by atoms with van der Waals surface area (Å²) in [5, 5.41) is 14.2. The highest BCUT2D eigenvalue weighted by Gasteiger charge is 2.11. The molecule has 1 atom stereocenters. The fourth-order valence-electron chi connectivity index (χ4n) is 1.31. The lowest BCUT2D eigenvalue weighted by atomic mass is 10.4. The van der Waals surface area contributed by atoms with Crippen molar-refractivity contribution in [3.05, 3.63) is 11.9 Å². The van der Waals surface area contributed by atoms with Crippen LogP contribution < -0.4 is 10.6 Å². The molecule has 6 heteroatoms. The minimum atomic E-state index is 0.430. The summed E-state index contributed by atoms with van der Waals surface area (Å²) in [5.74, 6) is 0.850.